The second-order valence-corrected chi connectivity index (χ2v) is 7.87. The highest BCUT2D eigenvalue weighted by Gasteiger charge is 2.97. The predicted octanol–water partition coefficient (Wildman–Crippen LogP) is 6.98. The van der Waals surface area contributed by atoms with Crippen molar-refractivity contribution in [1.82, 2.24) is 4.90 Å². The zero-order chi connectivity index (χ0) is 30.8. The average molecular weight is 613 g/mol. The minimum atomic E-state index is -9.08. The molecule has 0 radical (unpaired) electrons. The van der Waals surface area contributed by atoms with Crippen LogP contribution in [0.2, 0.25) is 0 Å². The van der Waals surface area contributed by atoms with E-state index >= 15 is 0 Å². The van der Waals surface area contributed by atoms with Gasteiger partial charge in [0.25, 0.3) is 5.91 Å². The van der Waals surface area contributed by atoms with Gasteiger partial charge in [-0.25, -0.2) is 8.78 Å². The van der Waals surface area contributed by atoms with Gasteiger partial charge in [0.05, 0.1) is 0 Å². The molecule has 0 aromatic carbocycles. The van der Waals surface area contributed by atoms with Crippen molar-refractivity contribution in [3.8, 4) is 0 Å². The van der Waals surface area contributed by atoms with Crippen molar-refractivity contribution >= 4 is 5.91 Å². The van der Waals surface area contributed by atoms with Crippen molar-refractivity contribution < 1.29 is 92.6 Å². The van der Waals surface area contributed by atoms with Crippen molar-refractivity contribution in [1.29, 1.82) is 0 Å². The molecule has 1 heterocycles. The summed E-state index contributed by atoms with van der Waals surface area (Å²) < 4.78 is 268. The molecule has 1 aliphatic rings. The van der Waals surface area contributed by atoms with Crippen LogP contribution in [0.3, 0.4) is 0 Å². The zero-order valence-electron chi connectivity index (χ0n) is 17.5. The van der Waals surface area contributed by atoms with Crippen LogP contribution < -0.4 is 0 Å². The van der Waals surface area contributed by atoms with E-state index < -0.39 is 78.7 Å². The van der Waals surface area contributed by atoms with Gasteiger partial charge in [-0.3, -0.25) is 4.79 Å². The largest absolute Gasteiger partial charge is 0.392 e. The fraction of sp³-hybridized carbons (Fsp3) is 0.938. The van der Waals surface area contributed by atoms with Crippen LogP contribution in [0, 0.1) is 0 Å². The minimum Gasteiger partial charge on any atom is -0.337 e. The maximum Gasteiger partial charge on any atom is 0.392 e. The number of carbonyl (C=O) groups is 1. The van der Waals surface area contributed by atoms with Gasteiger partial charge >= 0.3 is 59.7 Å². The minimum absolute atomic E-state index is 0.130. The molecule has 22 heteroatoms. The third kappa shape index (κ3) is 4.21. The van der Waals surface area contributed by atoms with Gasteiger partial charge in [-0.2, -0.15) is 79.0 Å². The summed E-state index contributed by atoms with van der Waals surface area (Å²) in [5.41, 5.74) is 0. The van der Waals surface area contributed by atoms with Crippen LogP contribution in [0.1, 0.15) is 19.3 Å². The van der Waals surface area contributed by atoms with Crippen LogP contribution in [0.5, 0.6) is 0 Å². The highest BCUT2D eigenvalue weighted by atomic mass is 19.4. The van der Waals surface area contributed by atoms with Gasteiger partial charge in [0.1, 0.15) is 0 Å². The molecule has 0 bridgehead atoms. The lowest BCUT2D eigenvalue weighted by Gasteiger charge is -2.44. The normalized spacial score (nSPS) is 18.3. The molecule has 1 saturated heterocycles. The van der Waals surface area contributed by atoms with Crippen LogP contribution in [0.4, 0.5) is 87.8 Å². The quantitative estimate of drug-likeness (QED) is 0.244. The molecule has 0 aliphatic carbocycles. The molecular formula is C16H11F20NO. The Morgan fingerprint density at radius 2 is 0.763 bits per heavy atom. The Labute approximate surface area is 196 Å². The summed E-state index contributed by atoms with van der Waals surface area (Å²) in [5, 5.41) is 0. The van der Waals surface area contributed by atoms with E-state index in [4.69, 9.17) is 0 Å². The van der Waals surface area contributed by atoms with Crippen LogP contribution in [0.15, 0.2) is 0 Å². The molecular weight excluding hydrogens is 602 g/mol. The number of hydrogen-bond donors (Lipinski definition) is 0. The predicted molar refractivity (Wildman–Crippen MR) is 81.0 cm³/mol. The molecule has 0 aromatic rings. The molecule has 1 aliphatic heterocycles. The maximum absolute atomic E-state index is 13.9. The third-order valence-corrected chi connectivity index (χ3v) is 5.36. The number of carbonyl (C=O) groups excluding carboxylic acids is 1. The fourth-order valence-electron chi connectivity index (χ4n) is 2.96. The highest BCUT2D eigenvalue weighted by molar-refractivity contribution is 5.85. The first-order valence-corrected chi connectivity index (χ1v) is 9.44. The summed E-state index contributed by atoms with van der Waals surface area (Å²) in [6, 6.07) is 0. The molecule has 1 amide bonds. The lowest BCUT2D eigenvalue weighted by Crippen LogP contribution is -2.77. The molecule has 226 valence electrons. The maximum atomic E-state index is 13.9. The fourth-order valence-corrected chi connectivity index (χ4v) is 2.96. The molecule has 0 spiro atoms. The Morgan fingerprint density at radius 3 is 1.08 bits per heavy atom. The van der Waals surface area contributed by atoms with Gasteiger partial charge in [0.15, 0.2) is 0 Å². The summed E-state index contributed by atoms with van der Waals surface area (Å²) in [5.74, 6) is -79.7. The molecule has 0 unspecified atom stereocenters. The van der Waals surface area contributed by atoms with Crippen LogP contribution >= 0.6 is 0 Å². The molecule has 0 N–H and O–H groups in total. The smallest absolute Gasteiger partial charge is 0.337 e. The van der Waals surface area contributed by atoms with Crippen molar-refractivity contribution in [2.75, 3.05) is 13.1 Å². The monoisotopic (exact) mass is 613 g/mol. The molecule has 0 saturated carbocycles. The lowest BCUT2D eigenvalue weighted by molar-refractivity contribution is -0.463. The number of halogens is 20. The van der Waals surface area contributed by atoms with Gasteiger partial charge in [0, 0.05) is 13.1 Å². The molecule has 0 atom stereocenters. The average Bonchev–Trinajstić information content (AvgIpc) is 2.77. The highest BCUT2D eigenvalue weighted by Crippen LogP contribution is 2.65. The summed E-state index contributed by atoms with van der Waals surface area (Å²) in [7, 11) is 0. The summed E-state index contributed by atoms with van der Waals surface area (Å²) in [6.45, 7) is -1.83. The van der Waals surface area contributed by atoms with Crippen molar-refractivity contribution in [3.05, 3.63) is 0 Å². The standard InChI is InChI=1S/C16H11F20NO/c17-6(18)8(19,20)10(23,24)12(27,28)14(31,32)16(35,36)15(33,34)13(29,30)11(25,26)9(21,22)7(38)37-4-2-1-3-5-37/h6H,1-5H2. The molecule has 0 aromatic heterocycles. The van der Waals surface area contributed by atoms with Gasteiger partial charge in [0.2, 0.25) is 0 Å². The third-order valence-electron chi connectivity index (χ3n) is 5.36. The van der Waals surface area contributed by atoms with Crippen LogP contribution in [-0.2, 0) is 4.79 Å². The Hall–Kier alpha value is -1.93. The van der Waals surface area contributed by atoms with Crippen LogP contribution in [-0.4, -0.2) is 83.6 Å². The summed E-state index contributed by atoms with van der Waals surface area (Å²) in [6.07, 6.45) is -6.52. The number of piperidine rings is 1. The number of rotatable bonds is 10. The number of hydrogen-bond acceptors (Lipinski definition) is 1. The Balaban J connectivity index is 3.69. The van der Waals surface area contributed by atoms with E-state index in [0.29, 0.717) is 0 Å². The molecule has 38 heavy (non-hydrogen) atoms. The van der Waals surface area contributed by atoms with Gasteiger partial charge in [-0.05, 0) is 19.3 Å². The summed E-state index contributed by atoms with van der Waals surface area (Å²) >= 11 is 0. The zero-order valence-corrected chi connectivity index (χ0v) is 17.5. The van der Waals surface area contributed by atoms with E-state index in [-0.39, 0.29) is 24.2 Å². The number of nitrogens with zero attached hydrogens (tertiary/aromatic N) is 1. The Morgan fingerprint density at radius 1 is 0.474 bits per heavy atom. The lowest BCUT2D eigenvalue weighted by atomic mass is 9.86. The Bertz CT molecular complexity index is 874. The second kappa shape index (κ2) is 9.33. The first-order valence-electron chi connectivity index (χ1n) is 9.44. The number of likely N-dealkylation sites (tertiary alicyclic amines) is 1. The number of amides is 1. The van der Waals surface area contributed by atoms with E-state index in [1.165, 1.54) is 0 Å². The number of alkyl halides is 20. The van der Waals surface area contributed by atoms with Crippen molar-refractivity contribution in [3.63, 3.8) is 0 Å². The van der Waals surface area contributed by atoms with E-state index in [1.54, 1.807) is 0 Å². The van der Waals surface area contributed by atoms with Gasteiger partial charge < -0.3 is 4.90 Å². The van der Waals surface area contributed by atoms with Crippen molar-refractivity contribution in [2.24, 2.45) is 0 Å². The first-order chi connectivity index (χ1) is 16.5. The first kappa shape index (κ1) is 34.1. The topological polar surface area (TPSA) is 20.3 Å². The summed E-state index contributed by atoms with van der Waals surface area (Å²) in [4.78, 5) is 11.2. The molecule has 1 rings (SSSR count). The van der Waals surface area contributed by atoms with Gasteiger partial charge in [-0.1, -0.05) is 0 Å². The second-order valence-electron chi connectivity index (χ2n) is 7.87. The molecule has 2 nitrogen and oxygen atoms in total. The SMILES string of the molecule is O=C(N1CCCCC1)C(F)(F)C(F)(F)C(F)(F)C(F)(F)C(F)(F)C(F)(F)C(F)(F)C(F)(F)C(F)(F)C(F)F. The van der Waals surface area contributed by atoms with E-state index in [2.05, 4.69) is 0 Å². The Kier molecular flexibility index (Phi) is 8.37. The van der Waals surface area contributed by atoms with E-state index in [9.17, 15) is 92.6 Å². The van der Waals surface area contributed by atoms with Crippen LogP contribution in [0.25, 0.3) is 0 Å². The van der Waals surface area contributed by atoms with E-state index in [1.807, 2.05) is 0 Å². The van der Waals surface area contributed by atoms with E-state index in [0.717, 1.165) is 0 Å². The molecule has 1 fully saturated rings. The van der Waals surface area contributed by atoms with Crippen molar-refractivity contribution in [2.45, 2.75) is 79.0 Å². The van der Waals surface area contributed by atoms with Gasteiger partial charge in [-0.15, -0.1) is 0 Å².